The van der Waals surface area contributed by atoms with Crippen molar-refractivity contribution in [3.8, 4) is 17.2 Å². The number of nitrogens with zero attached hydrogens (tertiary/aromatic N) is 3. The van der Waals surface area contributed by atoms with Crippen LogP contribution in [0.1, 0.15) is 18.3 Å². The summed E-state index contributed by atoms with van der Waals surface area (Å²) >= 11 is 1.07. The minimum absolute atomic E-state index is 0.183. The highest BCUT2D eigenvalue weighted by molar-refractivity contribution is 8.00. The summed E-state index contributed by atoms with van der Waals surface area (Å²) in [6.07, 6.45) is 0. The number of carbonyl (C=O) groups excluding carboxylic acids is 1. The van der Waals surface area contributed by atoms with Gasteiger partial charge < -0.3 is 19.4 Å². The number of aromatic nitrogens is 3. The molecule has 7 nitrogen and oxygen atoms in total. The molecule has 2 aromatic carbocycles. The Bertz CT molecular complexity index is 956. The van der Waals surface area contributed by atoms with Crippen molar-refractivity contribution < 1.29 is 19.4 Å². The van der Waals surface area contributed by atoms with E-state index in [9.17, 15) is 9.90 Å². The van der Waals surface area contributed by atoms with Crippen LogP contribution in [0.4, 0.5) is 0 Å². The van der Waals surface area contributed by atoms with Gasteiger partial charge in [-0.2, -0.15) is 0 Å². The molecule has 0 saturated carbocycles. The van der Waals surface area contributed by atoms with Gasteiger partial charge in [0.15, 0.2) is 11.0 Å². The van der Waals surface area contributed by atoms with E-state index in [0.29, 0.717) is 16.7 Å². The summed E-state index contributed by atoms with van der Waals surface area (Å²) in [7, 11) is 1.59. The van der Waals surface area contributed by atoms with Gasteiger partial charge in [-0.25, -0.2) is 0 Å². The fourth-order valence-electron chi connectivity index (χ4n) is 2.52. The van der Waals surface area contributed by atoms with Gasteiger partial charge in [0.1, 0.15) is 18.1 Å². The Morgan fingerprint density at radius 2 is 1.93 bits per heavy atom. The molecule has 0 radical (unpaired) electrons. The van der Waals surface area contributed by atoms with E-state index < -0.39 is 11.2 Å². The van der Waals surface area contributed by atoms with Crippen LogP contribution in [0.15, 0.2) is 53.7 Å². The smallest absolute Gasteiger partial charge is 0.196 e. The molecule has 0 bridgehead atoms. The molecule has 0 saturated heterocycles. The average Bonchev–Trinajstić information content (AvgIpc) is 3.08. The van der Waals surface area contributed by atoms with Crippen LogP contribution in [0, 0.1) is 6.92 Å². The van der Waals surface area contributed by atoms with Crippen LogP contribution in [0.25, 0.3) is 5.69 Å². The first-order chi connectivity index (χ1) is 13.5. The molecule has 8 heteroatoms. The van der Waals surface area contributed by atoms with E-state index in [1.54, 1.807) is 18.6 Å². The van der Waals surface area contributed by atoms with Crippen LogP contribution in [0.3, 0.4) is 0 Å². The zero-order valence-corrected chi connectivity index (χ0v) is 16.6. The Kier molecular flexibility index (Phi) is 6.20. The largest absolute Gasteiger partial charge is 0.549 e. The summed E-state index contributed by atoms with van der Waals surface area (Å²) in [5, 5.41) is 19.2. The normalized spacial score (nSPS) is 11.8. The number of rotatable bonds is 8. The predicted octanol–water partition coefficient (Wildman–Crippen LogP) is 2.39. The third kappa shape index (κ3) is 4.64. The van der Waals surface area contributed by atoms with Gasteiger partial charge in [0.2, 0.25) is 0 Å². The van der Waals surface area contributed by atoms with Gasteiger partial charge >= 0.3 is 0 Å². The van der Waals surface area contributed by atoms with Gasteiger partial charge in [0.05, 0.1) is 13.1 Å². The fraction of sp³-hybridized carbons (Fsp3) is 0.250. The fourth-order valence-corrected chi connectivity index (χ4v) is 3.34. The molecule has 1 aromatic heterocycles. The highest BCUT2D eigenvalue weighted by atomic mass is 32.2. The molecule has 3 rings (SSSR count). The molecule has 28 heavy (non-hydrogen) atoms. The van der Waals surface area contributed by atoms with Gasteiger partial charge in [-0.15, -0.1) is 10.2 Å². The number of carbonyl (C=O) groups is 1. The van der Waals surface area contributed by atoms with Gasteiger partial charge in [0.25, 0.3) is 0 Å². The molecule has 0 amide bonds. The predicted molar refractivity (Wildman–Crippen MR) is 104 cm³/mol. The second kappa shape index (κ2) is 8.79. The Morgan fingerprint density at radius 1 is 1.18 bits per heavy atom. The Morgan fingerprint density at radius 3 is 2.57 bits per heavy atom. The van der Waals surface area contributed by atoms with Crippen LogP contribution in [0.5, 0.6) is 11.5 Å². The monoisotopic (exact) mass is 398 g/mol. The molecule has 0 aliphatic carbocycles. The molecule has 0 aliphatic heterocycles. The van der Waals surface area contributed by atoms with Crippen molar-refractivity contribution in [2.75, 3.05) is 7.11 Å². The first-order valence-electron chi connectivity index (χ1n) is 8.63. The van der Waals surface area contributed by atoms with Crippen molar-refractivity contribution in [1.82, 2.24) is 14.8 Å². The van der Waals surface area contributed by atoms with E-state index in [4.69, 9.17) is 9.47 Å². The molecule has 1 heterocycles. The number of thioether (sulfide) groups is 1. The van der Waals surface area contributed by atoms with Crippen LogP contribution < -0.4 is 14.6 Å². The van der Waals surface area contributed by atoms with E-state index in [2.05, 4.69) is 10.2 Å². The Balaban J connectivity index is 1.91. The molecule has 0 aliphatic rings. The van der Waals surface area contributed by atoms with Crippen molar-refractivity contribution in [3.63, 3.8) is 0 Å². The number of carboxylic acids is 1. The standard InChI is InChI=1S/C20H21N3O4S/c1-13-5-4-6-17(11-13)27-12-18-21-22-20(28-14(2)19(24)25)23(18)15-7-9-16(26-3)10-8-15/h4-11,14H,12H2,1-3H3,(H,24,25)/p-1/t14-/m0/s1. The van der Waals surface area contributed by atoms with Gasteiger partial charge in [-0.3, -0.25) is 4.57 Å². The number of carboxylic acid groups (broad SMARTS) is 1. The number of hydrogen-bond acceptors (Lipinski definition) is 7. The topological polar surface area (TPSA) is 89.3 Å². The van der Waals surface area contributed by atoms with Crippen molar-refractivity contribution in [2.24, 2.45) is 0 Å². The second-order valence-electron chi connectivity index (χ2n) is 6.12. The van der Waals surface area contributed by atoms with E-state index in [1.807, 2.05) is 55.5 Å². The zero-order valence-electron chi connectivity index (χ0n) is 15.8. The van der Waals surface area contributed by atoms with Gasteiger partial charge in [-0.05, 0) is 55.8 Å². The summed E-state index contributed by atoms with van der Waals surface area (Å²) < 4.78 is 12.8. The van der Waals surface area contributed by atoms with Crippen molar-refractivity contribution in [2.45, 2.75) is 30.9 Å². The lowest BCUT2D eigenvalue weighted by molar-refractivity contribution is -0.304. The number of benzene rings is 2. The molecule has 146 valence electrons. The number of ether oxygens (including phenoxy) is 2. The Hall–Kier alpha value is -3.00. The van der Waals surface area contributed by atoms with E-state index >= 15 is 0 Å². The number of methoxy groups -OCH3 is 1. The molecule has 3 aromatic rings. The summed E-state index contributed by atoms with van der Waals surface area (Å²) in [6, 6.07) is 15.0. The summed E-state index contributed by atoms with van der Waals surface area (Å²) in [5.41, 5.74) is 1.87. The van der Waals surface area contributed by atoms with E-state index in [-0.39, 0.29) is 6.61 Å². The van der Waals surface area contributed by atoms with Gasteiger partial charge in [0, 0.05) is 10.9 Å². The van der Waals surface area contributed by atoms with E-state index in [1.165, 1.54) is 0 Å². The quantitative estimate of drug-likeness (QED) is 0.538. The minimum atomic E-state index is -1.16. The lowest BCUT2D eigenvalue weighted by Crippen LogP contribution is -2.31. The van der Waals surface area contributed by atoms with Crippen LogP contribution in [0.2, 0.25) is 0 Å². The van der Waals surface area contributed by atoms with E-state index in [0.717, 1.165) is 28.8 Å². The van der Waals surface area contributed by atoms with Crippen molar-refractivity contribution >= 4 is 17.7 Å². The van der Waals surface area contributed by atoms with Crippen LogP contribution >= 0.6 is 11.8 Å². The first-order valence-corrected chi connectivity index (χ1v) is 9.51. The maximum atomic E-state index is 11.2. The molecule has 1 atom stereocenters. The van der Waals surface area contributed by atoms with Crippen molar-refractivity contribution in [3.05, 3.63) is 59.9 Å². The lowest BCUT2D eigenvalue weighted by atomic mass is 10.2. The highest BCUT2D eigenvalue weighted by Crippen LogP contribution is 2.27. The summed E-state index contributed by atoms with van der Waals surface area (Å²) in [4.78, 5) is 11.2. The molecule has 0 fully saturated rings. The molecular formula is C20H20N3O4S-. The Labute approximate surface area is 167 Å². The highest BCUT2D eigenvalue weighted by Gasteiger charge is 2.18. The number of aryl methyl sites for hydroxylation is 1. The maximum absolute atomic E-state index is 11.2. The number of hydrogen-bond donors (Lipinski definition) is 0. The lowest BCUT2D eigenvalue weighted by Gasteiger charge is -2.15. The van der Waals surface area contributed by atoms with Crippen molar-refractivity contribution in [1.29, 1.82) is 0 Å². The number of aliphatic carboxylic acids is 1. The molecular weight excluding hydrogens is 378 g/mol. The summed E-state index contributed by atoms with van der Waals surface area (Å²) in [5.74, 6) is 0.833. The third-order valence-corrected chi connectivity index (χ3v) is 5.02. The average molecular weight is 398 g/mol. The minimum Gasteiger partial charge on any atom is -0.549 e. The second-order valence-corrected chi connectivity index (χ2v) is 7.42. The van der Waals surface area contributed by atoms with Crippen LogP contribution in [-0.4, -0.2) is 33.1 Å². The summed E-state index contributed by atoms with van der Waals surface area (Å²) in [6.45, 7) is 3.72. The maximum Gasteiger partial charge on any atom is 0.196 e. The first kappa shape index (κ1) is 19.8. The zero-order chi connectivity index (χ0) is 20.1. The van der Waals surface area contributed by atoms with Gasteiger partial charge in [-0.1, -0.05) is 23.9 Å². The molecule has 0 unspecified atom stereocenters. The SMILES string of the molecule is COc1ccc(-n2c(COc3cccc(C)c3)nnc2S[C@@H](C)C(=O)[O-])cc1. The van der Waals surface area contributed by atoms with Crippen LogP contribution in [-0.2, 0) is 11.4 Å². The molecule has 0 spiro atoms. The third-order valence-electron chi connectivity index (χ3n) is 4.00. The molecule has 0 N–H and O–H groups in total.